The summed E-state index contributed by atoms with van der Waals surface area (Å²) in [6, 6.07) is 20.6. The highest BCUT2D eigenvalue weighted by Gasteiger charge is 2.34. The number of rotatable bonds is 6. The molecule has 2 amide bonds. The maximum Gasteiger partial charge on any atom is 0.262 e. The fraction of sp³-hybridized carbons (Fsp3) is 0.222. The number of hydrogen-bond acceptors (Lipinski definition) is 4. The van der Waals surface area contributed by atoms with Crippen LogP contribution in [-0.4, -0.2) is 48.1 Å². The summed E-state index contributed by atoms with van der Waals surface area (Å²) >= 11 is 0. The summed E-state index contributed by atoms with van der Waals surface area (Å²) in [6.07, 6.45) is 0.381. The van der Waals surface area contributed by atoms with Crippen LogP contribution in [-0.2, 0) is 4.79 Å². The average molecular weight is 460 g/mol. The van der Waals surface area contributed by atoms with Crippen LogP contribution in [0.25, 0.3) is 0 Å². The fourth-order valence-electron chi connectivity index (χ4n) is 3.95. The second-order valence-electron chi connectivity index (χ2n) is 8.29. The molecule has 0 N–H and O–H groups in total. The number of halogens is 1. The average Bonchev–Trinajstić information content (AvgIpc) is 3.29. The van der Waals surface area contributed by atoms with Crippen LogP contribution in [0.3, 0.4) is 0 Å². The summed E-state index contributed by atoms with van der Waals surface area (Å²) in [5.74, 6) is -0.380. The van der Waals surface area contributed by atoms with Crippen molar-refractivity contribution in [1.82, 2.24) is 9.91 Å². The van der Waals surface area contributed by atoms with Gasteiger partial charge in [-0.25, -0.2) is 9.40 Å². The number of hydrogen-bond donors (Lipinski definition) is 0. The van der Waals surface area contributed by atoms with Crippen LogP contribution in [0, 0.1) is 12.7 Å². The molecule has 0 spiro atoms. The first-order valence-electron chi connectivity index (χ1n) is 11.0. The first kappa shape index (κ1) is 23.2. The molecule has 0 bridgehead atoms. The number of carbonyl (C=O) groups excluding carboxylic acids is 2. The second kappa shape index (κ2) is 9.87. The van der Waals surface area contributed by atoms with E-state index in [4.69, 9.17) is 4.74 Å². The molecule has 0 aromatic heterocycles. The number of amides is 2. The Morgan fingerprint density at radius 2 is 1.74 bits per heavy atom. The van der Waals surface area contributed by atoms with Gasteiger partial charge in [0.2, 0.25) is 0 Å². The molecule has 1 atom stereocenters. The molecule has 0 radical (unpaired) electrons. The first-order valence-corrected chi connectivity index (χ1v) is 11.0. The number of methoxy groups -OCH3 is 1. The molecule has 4 rings (SSSR count). The molecular weight excluding hydrogens is 433 g/mol. The molecule has 1 aliphatic rings. The quantitative estimate of drug-likeness (QED) is 0.542. The van der Waals surface area contributed by atoms with Gasteiger partial charge in [0.1, 0.15) is 18.1 Å². The van der Waals surface area contributed by atoms with Gasteiger partial charge in [-0.1, -0.05) is 48.0 Å². The van der Waals surface area contributed by atoms with Gasteiger partial charge in [-0.2, -0.15) is 5.10 Å². The van der Waals surface area contributed by atoms with E-state index in [0.717, 1.165) is 11.1 Å². The van der Waals surface area contributed by atoms with Crippen molar-refractivity contribution in [2.24, 2.45) is 5.10 Å². The van der Waals surface area contributed by atoms with E-state index < -0.39 is 0 Å². The molecular formula is C27H26FN3O3. The number of ether oxygens (including phenoxy) is 1. The molecule has 174 valence electrons. The minimum atomic E-state index is -0.384. The van der Waals surface area contributed by atoms with Gasteiger partial charge in [-0.15, -0.1) is 0 Å². The topological polar surface area (TPSA) is 62.2 Å². The number of aryl methyl sites for hydroxylation is 1. The van der Waals surface area contributed by atoms with Crippen molar-refractivity contribution in [3.8, 4) is 5.75 Å². The zero-order chi connectivity index (χ0) is 24.2. The Labute approximate surface area is 198 Å². The Hall–Kier alpha value is -4.00. The Morgan fingerprint density at radius 1 is 1.06 bits per heavy atom. The third kappa shape index (κ3) is 4.83. The Balaban J connectivity index is 1.58. The number of likely N-dealkylation sites (N-methyl/N-ethyl adjacent to an activating group) is 1. The normalized spacial score (nSPS) is 15.1. The van der Waals surface area contributed by atoms with E-state index in [9.17, 15) is 14.0 Å². The minimum absolute atomic E-state index is 0.165. The van der Waals surface area contributed by atoms with Crippen molar-refractivity contribution in [1.29, 1.82) is 0 Å². The summed E-state index contributed by atoms with van der Waals surface area (Å²) in [4.78, 5) is 27.5. The van der Waals surface area contributed by atoms with Gasteiger partial charge in [-0.3, -0.25) is 9.59 Å². The van der Waals surface area contributed by atoms with E-state index in [1.165, 1.54) is 16.0 Å². The van der Waals surface area contributed by atoms with E-state index in [2.05, 4.69) is 5.10 Å². The lowest BCUT2D eigenvalue weighted by atomic mass is 9.97. The fourth-order valence-corrected chi connectivity index (χ4v) is 3.95. The zero-order valence-electron chi connectivity index (χ0n) is 19.4. The molecule has 0 fully saturated rings. The van der Waals surface area contributed by atoms with Gasteiger partial charge >= 0.3 is 0 Å². The van der Waals surface area contributed by atoms with Gasteiger partial charge in [0, 0.05) is 24.6 Å². The van der Waals surface area contributed by atoms with Crippen LogP contribution in [0.15, 0.2) is 77.9 Å². The molecule has 1 unspecified atom stereocenters. The summed E-state index contributed by atoms with van der Waals surface area (Å²) in [5, 5.41) is 5.89. The van der Waals surface area contributed by atoms with Gasteiger partial charge in [0.25, 0.3) is 11.8 Å². The van der Waals surface area contributed by atoms with E-state index in [0.29, 0.717) is 29.0 Å². The lowest BCUT2D eigenvalue weighted by Crippen LogP contribution is -2.39. The largest absolute Gasteiger partial charge is 0.497 e. The number of carbonyl (C=O) groups is 2. The molecule has 0 aliphatic carbocycles. The molecule has 1 aliphatic heterocycles. The van der Waals surface area contributed by atoms with Crippen molar-refractivity contribution < 1.29 is 18.7 Å². The van der Waals surface area contributed by atoms with Crippen LogP contribution in [0.5, 0.6) is 5.75 Å². The van der Waals surface area contributed by atoms with E-state index in [1.54, 1.807) is 56.6 Å². The van der Waals surface area contributed by atoms with Crippen molar-refractivity contribution in [2.75, 3.05) is 20.7 Å². The minimum Gasteiger partial charge on any atom is -0.497 e. The SMILES string of the molecule is COc1ccc(C(=O)N(C)CC(=O)N2N=C(c3ccccc3F)CC2c2ccc(C)cc2)cc1. The lowest BCUT2D eigenvalue weighted by molar-refractivity contribution is -0.133. The zero-order valence-corrected chi connectivity index (χ0v) is 19.4. The maximum absolute atomic E-state index is 14.5. The van der Waals surface area contributed by atoms with Crippen LogP contribution in [0.2, 0.25) is 0 Å². The molecule has 0 saturated carbocycles. The molecule has 0 saturated heterocycles. The summed E-state index contributed by atoms with van der Waals surface area (Å²) < 4.78 is 19.6. The van der Waals surface area contributed by atoms with Crippen molar-refractivity contribution in [3.05, 3.63) is 101 Å². The van der Waals surface area contributed by atoms with E-state index >= 15 is 0 Å². The van der Waals surface area contributed by atoms with Crippen LogP contribution in [0.1, 0.15) is 39.5 Å². The molecule has 34 heavy (non-hydrogen) atoms. The Morgan fingerprint density at radius 3 is 2.38 bits per heavy atom. The Bertz CT molecular complexity index is 1220. The van der Waals surface area contributed by atoms with Gasteiger partial charge in [0.05, 0.1) is 18.9 Å². The lowest BCUT2D eigenvalue weighted by Gasteiger charge is -2.25. The molecule has 6 nitrogen and oxygen atoms in total. The summed E-state index contributed by atoms with van der Waals surface area (Å²) in [6.45, 7) is 1.82. The summed E-state index contributed by atoms with van der Waals surface area (Å²) in [7, 11) is 3.13. The highest BCUT2D eigenvalue weighted by molar-refractivity contribution is 6.04. The van der Waals surface area contributed by atoms with E-state index in [-0.39, 0.29) is 30.2 Å². The number of benzene rings is 3. The van der Waals surface area contributed by atoms with Crippen molar-refractivity contribution >= 4 is 17.5 Å². The monoisotopic (exact) mass is 459 g/mol. The van der Waals surface area contributed by atoms with Gasteiger partial charge < -0.3 is 9.64 Å². The maximum atomic E-state index is 14.5. The molecule has 3 aromatic carbocycles. The van der Waals surface area contributed by atoms with Crippen LogP contribution in [0.4, 0.5) is 4.39 Å². The number of nitrogens with zero attached hydrogens (tertiary/aromatic N) is 3. The standard InChI is InChI=1S/C27H26FN3O3/c1-18-8-10-19(11-9-18)25-16-24(22-6-4-5-7-23(22)28)29-31(25)26(32)17-30(2)27(33)20-12-14-21(34-3)15-13-20/h4-15,25H,16-17H2,1-3H3. The first-order chi connectivity index (χ1) is 16.4. The number of hydrazone groups is 1. The highest BCUT2D eigenvalue weighted by atomic mass is 19.1. The summed E-state index contributed by atoms with van der Waals surface area (Å²) in [5.41, 5.74) is 3.32. The van der Waals surface area contributed by atoms with Crippen molar-refractivity contribution in [2.45, 2.75) is 19.4 Å². The van der Waals surface area contributed by atoms with Crippen LogP contribution >= 0.6 is 0 Å². The highest BCUT2D eigenvalue weighted by Crippen LogP contribution is 2.33. The van der Waals surface area contributed by atoms with Crippen molar-refractivity contribution in [3.63, 3.8) is 0 Å². The molecule has 1 heterocycles. The van der Waals surface area contributed by atoms with Crippen LogP contribution < -0.4 is 4.74 Å². The predicted octanol–water partition coefficient (Wildman–Crippen LogP) is 4.59. The third-order valence-electron chi connectivity index (χ3n) is 5.87. The second-order valence-corrected chi connectivity index (χ2v) is 8.29. The Kier molecular flexibility index (Phi) is 6.72. The third-order valence-corrected chi connectivity index (χ3v) is 5.87. The molecule has 3 aromatic rings. The van der Waals surface area contributed by atoms with Gasteiger partial charge in [-0.05, 0) is 42.8 Å². The van der Waals surface area contributed by atoms with E-state index in [1.807, 2.05) is 31.2 Å². The predicted molar refractivity (Wildman–Crippen MR) is 128 cm³/mol. The smallest absolute Gasteiger partial charge is 0.262 e. The van der Waals surface area contributed by atoms with Gasteiger partial charge in [0.15, 0.2) is 0 Å². The molecule has 7 heteroatoms.